The normalized spacial score (nSPS) is 15.9. The first kappa shape index (κ1) is 20.7. The average Bonchev–Trinajstić information content (AvgIpc) is 3.10. The van der Waals surface area contributed by atoms with Crippen LogP contribution in [0.25, 0.3) is 0 Å². The molecule has 3 rings (SSSR count). The van der Waals surface area contributed by atoms with Crippen molar-refractivity contribution in [2.75, 3.05) is 38.0 Å². The minimum atomic E-state index is -0.518. The Hall–Kier alpha value is -3.06. The fraction of sp³-hybridized carbons (Fsp3) is 0.286. The van der Waals surface area contributed by atoms with E-state index in [1.165, 1.54) is 18.1 Å². The average molecular weight is 416 g/mol. The highest BCUT2D eigenvalue weighted by molar-refractivity contribution is 6.34. The molecule has 0 saturated carbocycles. The predicted octanol–water partition coefficient (Wildman–Crippen LogP) is 3.04. The third-order valence-corrected chi connectivity index (χ3v) is 5.07. The van der Waals surface area contributed by atoms with Crippen LogP contribution in [0.1, 0.15) is 16.8 Å². The molecule has 0 bridgehead atoms. The topological polar surface area (TPSA) is 79.0 Å². The van der Waals surface area contributed by atoms with Gasteiger partial charge in [0.15, 0.2) is 0 Å². The molecule has 0 radical (unpaired) electrons. The number of amides is 3. The van der Waals surface area contributed by atoms with Crippen LogP contribution in [0.15, 0.2) is 42.5 Å². The number of anilines is 2. The van der Waals surface area contributed by atoms with Crippen LogP contribution in [0.2, 0.25) is 5.02 Å². The van der Waals surface area contributed by atoms with E-state index < -0.39 is 5.92 Å². The highest BCUT2D eigenvalue weighted by Crippen LogP contribution is 2.33. The van der Waals surface area contributed by atoms with Gasteiger partial charge >= 0.3 is 0 Å². The van der Waals surface area contributed by atoms with Crippen LogP contribution < -0.4 is 15.0 Å². The second kappa shape index (κ2) is 8.53. The number of benzene rings is 2. The van der Waals surface area contributed by atoms with E-state index >= 15 is 0 Å². The Kier molecular flexibility index (Phi) is 6.08. The van der Waals surface area contributed by atoms with E-state index in [9.17, 15) is 14.4 Å². The van der Waals surface area contributed by atoms with Crippen LogP contribution in [0, 0.1) is 5.92 Å². The van der Waals surface area contributed by atoms with Crippen molar-refractivity contribution in [2.45, 2.75) is 6.42 Å². The van der Waals surface area contributed by atoms with Crippen LogP contribution in [-0.4, -0.2) is 50.4 Å². The summed E-state index contributed by atoms with van der Waals surface area (Å²) in [5.41, 5.74) is 1.39. The van der Waals surface area contributed by atoms with Crippen molar-refractivity contribution in [1.29, 1.82) is 0 Å². The van der Waals surface area contributed by atoms with Crippen LogP contribution in [0.5, 0.6) is 5.75 Å². The molecule has 1 heterocycles. The molecule has 0 aliphatic carbocycles. The lowest BCUT2D eigenvalue weighted by Crippen LogP contribution is -2.28. The van der Waals surface area contributed by atoms with Gasteiger partial charge in [0.25, 0.3) is 5.91 Å². The Morgan fingerprint density at radius 2 is 1.93 bits per heavy atom. The van der Waals surface area contributed by atoms with Crippen molar-refractivity contribution in [1.82, 2.24) is 4.90 Å². The number of halogens is 1. The monoisotopic (exact) mass is 415 g/mol. The molecule has 1 unspecified atom stereocenters. The fourth-order valence-electron chi connectivity index (χ4n) is 3.22. The Morgan fingerprint density at radius 3 is 2.62 bits per heavy atom. The van der Waals surface area contributed by atoms with Gasteiger partial charge in [-0.25, -0.2) is 0 Å². The smallest absolute Gasteiger partial charge is 0.254 e. The lowest BCUT2D eigenvalue weighted by molar-refractivity contribution is -0.122. The summed E-state index contributed by atoms with van der Waals surface area (Å²) in [6.45, 7) is 0.252. The third-order valence-electron chi connectivity index (χ3n) is 4.74. The SMILES string of the molecule is COc1ccccc1N1CC(C(=O)Nc2ccc(Cl)c(C(=O)N(C)C)c2)CC1=O. The largest absolute Gasteiger partial charge is 0.495 e. The van der Waals surface area contributed by atoms with Gasteiger partial charge in [-0.3, -0.25) is 14.4 Å². The van der Waals surface area contributed by atoms with Gasteiger partial charge in [0.05, 0.1) is 29.3 Å². The van der Waals surface area contributed by atoms with Gasteiger partial charge in [-0.2, -0.15) is 0 Å². The molecule has 1 aliphatic rings. The van der Waals surface area contributed by atoms with E-state index in [1.807, 2.05) is 12.1 Å². The lowest BCUT2D eigenvalue weighted by atomic mass is 10.1. The van der Waals surface area contributed by atoms with Crippen molar-refractivity contribution in [3.63, 3.8) is 0 Å². The van der Waals surface area contributed by atoms with Crippen LogP contribution in [-0.2, 0) is 9.59 Å². The molecule has 29 heavy (non-hydrogen) atoms. The van der Waals surface area contributed by atoms with Crippen LogP contribution in [0.4, 0.5) is 11.4 Å². The Balaban J connectivity index is 1.75. The first-order chi connectivity index (χ1) is 13.8. The first-order valence-electron chi connectivity index (χ1n) is 9.07. The maximum absolute atomic E-state index is 12.7. The van der Waals surface area contributed by atoms with Gasteiger partial charge in [-0.15, -0.1) is 0 Å². The number of hydrogen-bond acceptors (Lipinski definition) is 4. The van der Waals surface area contributed by atoms with Gasteiger partial charge in [-0.05, 0) is 30.3 Å². The zero-order valence-electron chi connectivity index (χ0n) is 16.4. The molecular formula is C21H22ClN3O4. The van der Waals surface area contributed by atoms with Gasteiger partial charge < -0.3 is 19.9 Å². The molecule has 0 spiro atoms. The third kappa shape index (κ3) is 4.35. The van der Waals surface area contributed by atoms with E-state index in [-0.39, 0.29) is 30.7 Å². The van der Waals surface area contributed by atoms with E-state index in [4.69, 9.17) is 16.3 Å². The number of rotatable bonds is 5. The van der Waals surface area contributed by atoms with Crippen LogP contribution in [0.3, 0.4) is 0 Å². The number of hydrogen-bond donors (Lipinski definition) is 1. The van der Waals surface area contributed by atoms with E-state index in [0.717, 1.165) is 0 Å². The zero-order chi connectivity index (χ0) is 21.1. The molecule has 2 aromatic carbocycles. The molecule has 152 valence electrons. The summed E-state index contributed by atoms with van der Waals surface area (Å²) in [5, 5.41) is 3.09. The molecule has 2 aromatic rings. The second-order valence-electron chi connectivity index (χ2n) is 6.96. The van der Waals surface area contributed by atoms with E-state index in [1.54, 1.807) is 43.3 Å². The van der Waals surface area contributed by atoms with Gasteiger partial charge in [0, 0.05) is 32.7 Å². The highest BCUT2D eigenvalue weighted by Gasteiger charge is 2.36. The standard InChI is InChI=1S/C21H22ClN3O4/c1-24(2)21(28)15-11-14(8-9-16(15)22)23-20(27)13-10-19(26)25(12-13)17-6-4-5-7-18(17)29-3/h4-9,11,13H,10,12H2,1-3H3,(H,23,27). The molecule has 1 atom stereocenters. The molecule has 1 saturated heterocycles. The minimum absolute atomic E-state index is 0.0982. The number of para-hydroxylation sites is 2. The number of methoxy groups -OCH3 is 1. The molecule has 1 aliphatic heterocycles. The number of nitrogens with zero attached hydrogens (tertiary/aromatic N) is 2. The van der Waals surface area contributed by atoms with E-state index in [0.29, 0.717) is 27.7 Å². The summed E-state index contributed by atoms with van der Waals surface area (Å²) < 4.78 is 5.32. The molecule has 0 aromatic heterocycles. The first-order valence-corrected chi connectivity index (χ1v) is 9.45. The van der Waals surface area contributed by atoms with Crippen molar-refractivity contribution < 1.29 is 19.1 Å². The summed E-state index contributed by atoms with van der Waals surface area (Å²) in [7, 11) is 4.79. The maximum atomic E-state index is 12.7. The second-order valence-corrected chi connectivity index (χ2v) is 7.37. The summed E-state index contributed by atoms with van der Waals surface area (Å²) in [4.78, 5) is 40.4. The Bertz CT molecular complexity index is 961. The van der Waals surface area contributed by atoms with Crippen molar-refractivity contribution in [3.8, 4) is 5.75 Å². The van der Waals surface area contributed by atoms with Crippen molar-refractivity contribution in [2.24, 2.45) is 5.92 Å². The minimum Gasteiger partial charge on any atom is -0.495 e. The number of carbonyl (C=O) groups excluding carboxylic acids is 3. The molecule has 3 amide bonds. The van der Waals surface area contributed by atoms with Gasteiger partial charge in [0.2, 0.25) is 11.8 Å². The van der Waals surface area contributed by atoms with Crippen molar-refractivity contribution in [3.05, 3.63) is 53.1 Å². The maximum Gasteiger partial charge on any atom is 0.254 e. The number of nitrogens with one attached hydrogen (secondary N) is 1. The summed E-state index contributed by atoms with van der Waals surface area (Å²) >= 11 is 6.11. The Labute approximate surface area is 174 Å². The Morgan fingerprint density at radius 1 is 1.21 bits per heavy atom. The molecule has 7 nitrogen and oxygen atoms in total. The van der Waals surface area contributed by atoms with Crippen LogP contribution >= 0.6 is 11.6 Å². The lowest BCUT2D eigenvalue weighted by Gasteiger charge is -2.19. The molecule has 1 N–H and O–H groups in total. The number of ether oxygens (including phenoxy) is 1. The van der Waals surface area contributed by atoms with Crippen molar-refractivity contribution >= 4 is 40.7 Å². The highest BCUT2D eigenvalue weighted by atomic mass is 35.5. The fourth-order valence-corrected chi connectivity index (χ4v) is 3.42. The zero-order valence-corrected chi connectivity index (χ0v) is 17.2. The van der Waals surface area contributed by atoms with Gasteiger partial charge in [0.1, 0.15) is 5.75 Å². The molecule has 8 heteroatoms. The summed E-state index contributed by atoms with van der Waals surface area (Å²) in [6.07, 6.45) is 0.0982. The van der Waals surface area contributed by atoms with E-state index in [2.05, 4.69) is 5.32 Å². The van der Waals surface area contributed by atoms with Gasteiger partial charge in [-0.1, -0.05) is 23.7 Å². The summed E-state index contributed by atoms with van der Waals surface area (Å²) in [6, 6.07) is 11.9. The molecular weight excluding hydrogens is 394 g/mol. The quantitative estimate of drug-likeness (QED) is 0.814. The summed E-state index contributed by atoms with van der Waals surface area (Å²) in [5.74, 6) is -0.636. The molecule has 1 fully saturated rings. The number of carbonyl (C=O) groups is 3. The predicted molar refractivity (Wildman–Crippen MR) is 112 cm³/mol.